The van der Waals surface area contributed by atoms with Crippen molar-refractivity contribution in [3.05, 3.63) is 0 Å². The van der Waals surface area contributed by atoms with Crippen LogP contribution in [0.25, 0.3) is 0 Å². The molecule has 0 aromatic heterocycles. The number of carboxylic acids is 1. The van der Waals surface area contributed by atoms with Crippen LogP contribution in [0.2, 0.25) is 0 Å². The van der Waals surface area contributed by atoms with Gasteiger partial charge >= 0.3 is 24.1 Å². The van der Waals surface area contributed by atoms with E-state index in [-0.39, 0.29) is 44.9 Å². The molecule has 0 aliphatic carbocycles. The SMILES string of the molecule is CC(C)(C)OC[C@H](NC(=O)[C@H](CC(=O)O)NC(=O)[C@H](CCCN=C(N)N)NC(=O)[C@H](CCCCNC(=O)OC(C)(C)C)NC(=O)OC(C)(C)C)C(=O)OC(C)(C)C. The van der Waals surface area contributed by atoms with E-state index >= 15 is 0 Å². The van der Waals surface area contributed by atoms with Gasteiger partial charge in [0.1, 0.15) is 34.9 Å². The number of ether oxygens (including phenoxy) is 4. The molecule has 57 heavy (non-hydrogen) atoms. The van der Waals surface area contributed by atoms with Gasteiger partial charge in [-0.25, -0.2) is 14.4 Å². The van der Waals surface area contributed by atoms with Gasteiger partial charge in [-0.05, 0) is 115 Å². The van der Waals surface area contributed by atoms with Gasteiger partial charge in [-0.2, -0.15) is 0 Å². The first-order valence-corrected chi connectivity index (χ1v) is 18.9. The first-order valence-electron chi connectivity index (χ1n) is 18.9. The van der Waals surface area contributed by atoms with E-state index in [9.17, 15) is 38.7 Å². The number of carbonyl (C=O) groups is 7. The van der Waals surface area contributed by atoms with Crippen LogP contribution in [-0.2, 0) is 42.9 Å². The number of nitrogens with zero attached hydrogens (tertiary/aromatic N) is 1. The Morgan fingerprint density at radius 2 is 1.04 bits per heavy atom. The Morgan fingerprint density at radius 1 is 0.579 bits per heavy atom. The Balaban J connectivity index is 6.35. The molecular formula is C37H68N8O12. The van der Waals surface area contributed by atoms with E-state index in [1.165, 1.54) is 0 Å². The maximum Gasteiger partial charge on any atom is 0.408 e. The molecule has 5 amide bonds. The van der Waals surface area contributed by atoms with Crippen LogP contribution in [0.1, 0.15) is 122 Å². The summed E-state index contributed by atoms with van der Waals surface area (Å²) in [6, 6.07) is -5.72. The van der Waals surface area contributed by atoms with Crippen LogP contribution in [0.3, 0.4) is 0 Å². The third-order valence-electron chi connectivity index (χ3n) is 6.88. The van der Waals surface area contributed by atoms with Gasteiger partial charge in [0, 0.05) is 13.1 Å². The molecule has 0 bridgehead atoms. The van der Waals surface area contributed by atoms with E-state index in [1.807, 2.05) is 0 Å². The van der Waals surface area contributed by atoms with Crippen LogP contribution >= 0.6 is 0 Å². The van der Waals surface area contributed by atoms with Crippen molar-refractivity contribution >= 4 is 47.8 Å². The zero-order valence-corrected chi connectivity index (χ0v) is 35.7. The van der Waals surface area contributed by atoms with Crippen molar-refractivity contribution in [2.75, 3.05) is 19.7 Å². The van der Waals surface area contributed by atoms with Gasteiger partial charge in [0.05, 0.1) is 18.6 Å². The minimum absolute atomic E-state index is 0.0517. The number of hydrogen-bond donors (Lipinski definition) is 8. The monoisotopic (exact) mass is 816 g/mol. The van der Waals surface area contributed by atoms with E-state index in [0.717, 1.165) is 0 Å². The highest BCUT2D eigenvalue weighted by molar-refractivity contribution is 5.96. The summed E-state index contributed by atoms with van der Waals surface area (Å²) in [5, 5.41) is 22.2. The molecule has 4 atom stereocenters. The molecule has 0 saturated carbocycles. The second-order valence-corrected chi connectivity index (χ2v) is 17.3. The van der Waals surface area contributed by atoms with Crippen LogP contribution in [-0.4, -0.2) is 119 Å². The summed E-state index contributed by atoms with van der Waals surface area (Å²) in [4.78, 5) is 94.7. The fraction of sp³-hybridized carbons (Fsp3) is 0.784. The van der Waals surface area contributed by atoms with Gasteiger partial charge in [-0.15, -0.1) is 0 Å². The lowest BCUT2D eigenvalue weighted by Crippen LogP contribution is -2.59. The number of carboxylic acid groups (broad SMARTS) is 1. The Bertz CT molecular complexity index is 1390. The highest BCUT2D eigenvalue weighted by atomic mass is 16.6. The summed E-state index contributed by atoms with van der Waals surface area (Å²) in [6.07, 6.45) is -1.60. The molecule has 0 aliphatic heterocycles. The molecule has 328 valence electrons. The quantitative estimate of drug-likeness (QED) is 0.0269. The number of esters is 1. The zero-order valence-electron chi connectivity index (χ0n) is 35.7. The minimum atomic E-state index is -1.72. The number of nitrogens with one attached hydrogen (secondary N) is 5. The van der Waals surface area contributed by atoms with E-state index < -0.39 is 94.8 Å². The summed E-state index contributed by atoms with van der Waals surface area (Å²) >= 11 is 0. The number of guanidine groups is 1. The van der Waals surface area contributed by atoms with Crippen molar-refractivity contribution in [3.8, 4) is 0 Å². The number of nitrogens with two attached hydrogens (primary N) is 2. The lowest BCUT2D eigenvalue weighted by Gasteiger charge is -2.29. The third kappa shape index (κ3) is 27.4. The van der Waals surface area contributed by atoms with Gasteiger partial charge in [-0.1, -0.05) is 0 Å². The Morgan fingerprint density at radius 3 is 1.53 bits per heavy atom. The number of unbranched alkanes of at least 4 members (excludes halogenated alkanes) is 1. The van der Waals surface area contributed by atoms with Crippen molar-refractivity contribution in [3.63, 3.8) is 0 Å². The first kappa shape index (κ1) is 52.1. The number of carbonyl (C=O) groups excluding carboxylic acids is 6. The van der Waals surface area contributed by atoms with Crippen LogP contribution in [0.4, 0.5) is 9.59 Å². The number of amides is 5. The number of alkyl carbamates (subject to hydrolysis) is 2. The maximum absolute atomic E-state index is 13.8. The van der Waals surface area contributed by atoms with E-state index in [2.05, 4.69) is 31.6 Å². The summed E-state index contributed by atoms with van der Waals surface area (Å²) in [5.41, 5.74) is 7.60. The summed E-state index contributed by atoms with van der Waals surface area (Å²) in [7, 11) is 0. The molecule has 0 aromatic carbocycles. The molecule has 0 unspecified atom stereocenters. The number of aliphatic imine (C=N–C) groups is 1. The van der Waals surface area contributed by atoms with E-state index in [4.69, 9.17) is 30.4 Å². The smallest absolute Gasteiger partial charge is 0.408 e. The third-order valence-corrected chi connectivity index (χ3v) is 6.88. The molecule has 0 saturated heterocycles. The van der Waals surface area contributed by atoms with Gasteiger partial charge in [0.2, 0.25) is 17.7 Å². The van der Waals surface area contributed by atoms with Crippen LogP contribution < -0.4 is 38.1 Å². The van der Waals surface area contributed by atoms with Crippen molar-refractivity contribution < 1.29 is 57.6 Å². The zero-order chi connectivity index (χ0) is 44.4. The largest absolute Gasteiger partial charge is 0.481 e. The minimum Gasteiger partial charge on any atom is -0.481 e. The highest BCUT2D eigenvalue weighted by Crippen LogP contribution is 2.14. The molecule has 0 rings (SSSR count). The fourth-order valence-electron chi connectivity index (χ4n) is 4.54. The van der Waals surface area contributed by atoms with Crippen LogP contribution in [0.15, 0.2) is 4.99 Å². The van der Waals surface area contributed by atoms with Gasteiger partial charge < -0.3 is 62.1 Å². The Labute approximate surface area is 336 Å². The average Bonchev–Trinajstić information content (AvgIpc) is 2.99. The first-order chi connectivity index (χ1) is 25.9. The lowest BCUT2D eigenvalue weighted by atomic mass is 10.1. The fourth-order valence-corrected chi connectivity index (χ4v) is 4.54. The normalized spacial score (nSPS) is 14.0. The molecule has 10 N–H and O–H groups in total. The lowest BCUT2D eigenvalue weighted by molar-refractivity contribution is -0.162. The average molecular weight is 817 g/mol. The number of aliphatic carboxylic acids is 1. The summed E-state index contributed by atoms with van der Waals surface area (Å²) < 4.78 is 21.7. The molecule has 0 radical (unpaired) electrons. The molecule has 0 spiro atoms. The molecular weight excluding hydrogens is 748 g/mol. The van der Waals surface area contributed by atoms with Crippen LogP contribution in [0.5, 0.6) is 0 Å². The topological polar surface area (TPSA) is 301 Å². The van der Waals surface area contributed by atoms with Crippen molar-refractivity contribution in [2.45, 2.75) is 168 Å². The van der Waals surface area contributed by atoms with E-state index in [0.29, 0.717) is 12.8 Å². The van der Waals surface area contributed by atoms with E-state index in [1.54, 1.807) is 83.1 Å². The predicted octanol–water partition coefficient (Wildman–Crippen LogP) is 1.71. The standard InChI is InChI=1S/C37H68N8O12/c1-34(2,3)54-21-25(30(51)55-35(4,5)6)44-29(50)24(20-26(46)47)43-27(48)22(17-15-19-40-31(38)39)42-28(49)23(45-33(53)57-37(10,11)12)16-13-14-18-41-32(52)56-36(7,8)9/h22-25H,13-21H2,1-12H3,(H,41,52)(H,42,49)(H,43,48)(H,44,50)(H,45,53)(H,46,47)(H4,38,39,40)/t22-,23-,24-,25-/m0/s1. The molecule has 0 aliphatic rings. The molecule has 0 aromatic rings. The number of rotatable bonds is 21. The molecule has 0 heterocycles. The second-order valence-electron chi connectivity index (χ2n) is 17.3. The Kier molecular flexibility index (Phi) is 21.4. The predicted molar refractivity (Wildman–Crippen MR) is 211 cm³/mol. The summed E-state index contributed by atoms with van der Waals surface area (Å²) in [5.74, 6) is -5.30. The van der Waals surface area contributed by atoms with Gasteiger partial charge in [0.15, 0.2) is 12.0 Å². The number of hydrogen-bond acceptors (Lipinski definition) is 12. The Hall–Kier alpha value is -4.88. The molecule has 20 nitrogen and oxygen atoms in total. The van der Waals surface area contributed by atoms with Crippen molar-refractivity contribution in [2.24, 2.45) is 16.5 Å². The summed E-state index contributed by atoms with van der Waals surface area (Å²) in [6.45, 7) is 20.1. The molecule has 20 heteroatoms. The van der Waals surface area contributed by atoms with Crippen molar-refractivity contribution in [1.29, 1.82) is 0 Å². The van der Waals surface area contributed by atoms with Crippen molar-refractivity contribution in [1.82, 2.24) is 26.6 Å². The van der Waals surface area contributed by atoms with Crippen LogP contribution in [0, 0.1) is 0 Å². The second kappa shape index (κ2) is 23.4. The highest BCUT2D eigenvalue weighted by Gasteiger charge is 2.35. The maximum atomic E-state index is 13.8. The molecule has 0 fully saturated rings. The van der Waals surface area contributed by atoms with Gasteiger partial charge in [0.25, 0.3) is 0 Å². The van der Waals surface area contributed by atoms with Gasteiger partial charge in [-0.3, -0.25) is 24.2 Å².